The van der Waals surface area contributed by atoms with Gasteiger partial charge in [0.15, 0.2) is 6.61 Å². The Balaban J connectivity index is 2.14. The maximum absolute atomic E-state index is 11.2. The molecule has 0 unspecified atom stereocenters. The largest absolute Gasteiger partial charge is 0.482 e. The Bertz CT molecular complexity index is 423. The van der Waals surface area contributed by atoms with Crippen LogP contribution in [0, 0.1) is 0 Å². The van der Waals surface area contributed by atoms with Crippen molar-refractivity contribution >= 4 is 29.9 Å². The predicted octanol–water partition coefficient (Wildman–Crippen LogP) is 1.77. The number of rotatable bonds is 4. The molecule has 2 rings (SSSR count). The maximum atomic E-state index is 11.2. The zero-order valence-electron chi connectivity index (χ0n) is 9.77. The molecule has 0 fully saturated rings. The van der Waals surface area contributed by atoms with Gasteiger partial charge in [-0.05, 0) is 30.4 Å². The molecule has 0 bridgehead atoms. The van der Waals surface area contributed by atoms with E-state index in [-0.39, 0.29) is 12.5 Å². The number of amides is 1. The first-order valence-corrected chi connectivity index (χ1v) is 6.22. The Hall–Kier alpha value is -1.36. The van der Waals surface area contributed by atoms with Gasteiger partial charge in [0.05, 0.1) is 5.69 Å². The van der Waals surface area contributed by atoms with Crippen molar-refractivity contribution in [1.82, 2.24) is 0 Å². The van der Waals surface area contributed by atoms with Crippen LogP contribution in [0.25, 0.3) is 0 Å². The minimum absolute atomic E-state index is 0.0990. The molecule has 1 amide bonds. The van der Waals surface area contributed by atoms with E-state index in [2.05, 4.69) is 22.8 Å². The summed E-state index contributed by atoms with van der Waals surface area (Å²) in [5, 5.41) is 2.81. The number of hydrogen-bond donors (Lipinski definition) is 2. The molecule has 1 N–H and O–H groups in total. The Morgan fingerprint density at radius 3 is 3.12 bits per heavy atom. The Labute approximate surface area is 106 Å². The molecule has 0 radical (unpaired) electrons. The summed E-state index contributed by atoms with van der Waals surface area (Å²) in [6.45, 7) is 1.04. The molecule has 17 heavy (non-hydrogen) atoms. The van der Waals surface area contributed by atoms with Crippen molar-refractivity contribution < 1.29 is 9.53 Å². The summed E-state index contributed by atoms with van der Waals surface area (Å²) in [4.78, 5) is 13.4. The van der Waals surface area contributed by atoms with Crippen molar-refractivity contribution in [3.8, 4) is 5.75 Å². The standard InChI is InChI=1S/C12H16N2O2S/c1-14(5-2-6-17)9-3-4-11-10(7-9)13-12(15)8-16-11/h3-4,7,17H,2,5-6,8H2,1H3,(H,13,15). The van der Waals surface area contributed by atoms with Gasteiger partial charge in [-0.2, -0.15) is 12.6 Å². The van der Waals surface area contributed by atoms with E-state index in [0.29, 0.717) is 0 Å². The lowest BCUT2D eigenvalue weighted by Crippen LogP contribution is -2.26. The van der Waals surface area contributed by atoms with E-state index in [1.807, 2.05) is 25.2 Å². The van der Waals surface area contributed by atoms with Crippen molar-refractivity contribution in [2.45, 2.75) is 6.42 Å². The topological polar surface area (TPSA) is 41.6 Å². The third-order valence-electron chi connectivity index (χ3n) is 2.69. The van der Waals surface area contributed by atoms with Gasteiger partial charge in [-0.3, -0.25) is 4.79 Å². The minimum atomic E-state index is -0.104. The average Bonchev–Trinajstić information content (AvgIpc) is 2.35. The molecular formula is C12H16N2O2S. The zero-order valence-corrected chi connectivity index (χ0v) is 10.7. The van der Waals surface area contributed by atoms with Crippen LogP contribution in [0.1, 0.15) is 6.42 Å². The number of anilines is 2. The number of thiol groups is 1. The molecule has 0 spiro atoms. The van der Waals surface area contributed by atoms with Gasteiger partial charge >= 0.3 is 0 Å². The second-order valence-electron chi connectivity index (χ2n) is 4.02. The highest BCUT2D eigenvalue weighted by Crippen LogP contribution is 2.31. The predicted molar refractivity (Wildman–Crippen MR) is 72.3 cm³/mol. The van der Waals surface area contributed by atoms with Gasteiger partial charge in [0.25, 0.3) is 5.91 Å². The van der Waals surface area contributed by atoms with E-state index in [1.165, 1.54) is 0 Å². The number of nitrogens with one attached hydrogen (secondary N) is 1. The Morgan fingerprint density at radius 1 is 1.53 bits per heavy atom. The average molecular weight is 252 g/mol. The molecule has 1 aliphatic heterocycles. The SMILES string of the molecule is CN(CCCS)c1ccc2c(c1)NC(=O)CO2. The molecule has 0 aliphatic carbocycles. The summed E-state index contributed by atoms with van der Waals surface area (Å²) in [5.41, 5.74) is 1.81. The number of carbonyl (C=O) groups is 1. The number of ether oxygens (including phenoxy) is 1. The summed E-state index contributed by atoms with van der Waals surface area (Å²) >= 11 is 4.20. The quantitative estimate of drug-likeness (QED) is 0.803. The number of nitrogens with zero attached hydrogens (tertiary/aromatic N) is 1. The second-order valence-corrected chi connectivity index (χ2v) is 4.46. The molecule has 4 nitrogen and oxygen atoms in total. The van der Waals surface area contributed by atoms with Crippen LogP contribution in [0.5, 0.6) is 5.75 Å². The second kappa shape index (κ2) is 5.31. The van der Waals surface area contributed by atoms with Crippen LogP contribution in [0.15, 0.2) is 18.2 Å². The van der Waals surface area contributed by atoms with Gasteiger partial charge in [0.1, 0.15) is 5.75 Å². The summed E-state index contributed by atoms with van der Waals surface area (Å²) in [7, 11) is 2.02. The van der Waals surface area contributed by atoms with E-state index in [9.17, 15) is 4.79 Å². The molecule has 0 aromatic heterocycles. The first kappa shape index (κ1) is 12.1. The van der Waals surface area contributed by atoms with Crippen LogP contribution >= 0.6 is 12.6 Å². The van der Waals surface area contributed by atoms with E-state index >= 15 is 0 Å². The number of hydrogen-bond acceptors (Lipinski definition) is 4. The van der Waals surface area contributed by atoms with Gasteiger partial charge < -0.3 is 15.0 Å². The van der Waals surface area contributed by atoms with Crippen LogP contribution in [0.4, 0.5) is 11.4 Å². The lowest BCUT2D eigenvalue weighted by molar-refractivity contribution is -0.118. The molecule has 5 heteroatoms. The fourth-order valence-electron chi connectivity index (χ4n) is 1.75. The summed E-state index contributed by atoms with van der Waals surface area (Å²) in [5.74, 6) is 1.50. The van der Waals surface area contributed by atoms with Gasteiger partial charge in [-0.15, -0.1) is 0 Å². The van der Waals surface area contributed by atoms with Crippen molar-refractivity contribution in [2.75, 3.05) is 36.2 Å². The monoisotopic (exact) mass is 252 g/mol. The Kier molecular flexibility index (Phi) is 3.78. The Morgan fingerprint density at radius 2 is 2.35 bits per heavy atom. The van der Waals surface area contributed by atoms with E-state index in [1.54, 1.807) is 0 Å². The molecule has 0 saturated carbocycles. The summed E-state index contributed by atoms with van der Waals surface area (Å²) in [6.07, 6.45) is 1.03. The molecule has 1 aromatic rings. The highest BCUT2D eigenvalue weighted by Gasteiger charge is 2.16. The summed E-state index contributed by atoms with van der Waals surface area (Å²) in [6, 6.07) is 5.82. The third-order valence-corrected chi connectivity index (χ3v) is 3.00. The third kappa shape index (κ3) is 2.85. The molecule has 1 aliphatic rings. The van der Waals surface area contributed by atoms with Gasteiger partial charge in [-0.1, -0.05) is 0 Å². The van der Waals surface area contributed by atoms with Gasteiger partial charge in [0.2, 0.25) is 0 Å². The van der Waals surface area contributed by atoms with Crippen molar-refractivity contribution in [2.24, 2.45) is 0 Å². The number of benzene rings is 1. The smallest absolute Gasteiger partial charge is 0.262 e. The van der Waals surface area contributed by atoms with Crippen LogP contribution < -0.4 is 15.0 Å². The molecular weight excluding hydrogens is 236 g/mol. The van der Waals surface area contributed by atoms with Crippen LogP contribution in [0.3, 0.4) is 0 Å². The normalized spacial score (nSPS) is 13.6. The van der Waals surface area contributed by atoms with E-state index in [0.717, 1.165) is 35.8 Å². The van der Waals surface area contributed by atoms with Gasteiger partial charge in [-0.25, -0.2) is 0 Å². The fourth-order valence-corrected chi connectivity index (χ4v) is 1.89. The lowest BCUT2D eigenvalue weighted by Gasteiger charge is -2.23. The van der Waals surface area contributed by atoms with Crippen molar-refractivity contribution in [3.05, 3.63) is 18.2 Å². The zero-order chi connectivity index (χ0) is 12.3. The molecule has 0 atom stereocenters. The van der Waals surface area contributed by atoms with Gasteiger partial charge in [0, 0.05) is 19.3 Å². The minimum Gasteiger partial charge on any atom is -0.482 e. The lowest BCUT2D eigenvalue weighted by atomic mass is 10.2. The highest BCUT2D eigenvalue weighted by molar-refractivity contribution is 7.80. The van der Waals surface area contributed by atoms with Crippen molar-refractivity contribution in [3.63, 3.8) is 0 Å². The van der Waals surface area contributed by atoms with Crippen LogP contribution in [-0.2, 0) is 4.79 Å². The number of fused-ring (bicyclic) bond motifs is 1. The molecule has 1 aromatic carbocycles. The molecule has 0 saturated heterocycles. The first-order valence-electron chi connectivity index (χ1n) is 5.59. The molecule has 1 heterocycles. The summed E-state index contributed by atoms with van der Waals surface area (Å²) < 4.78 is 5.31. The van der Waals surface area contributed by atoms with Crippen molar-refractivity contribution in [1.29, 1.82) is 0 Å². The van der Waals surface area contributed by atoms with Crippen LogP contribution in [0.2, 0.25) is 0 Å². The first-order chi connectivity index (χ1) is 8.20. The van der Waals surface area contributed by atoms with E-state index < -0.39 is 0 Å². The highest BCUT2D eigenvalue weighted by atomic mass is 32.1. The number of carbonyl (C=O) groups excluding carboxylic acids is 1. The maximum Gasteiger partial charge on any atom is 0.262 e. The molecule has 92 valence electrons. The van der Waals surface area contributed by atoms with E-state index in [4.69, 9.17) is 4.74 Å². The fraction of sp³-hybridized carbons (Fsp3) is 0.417. The van der Waals surface area contributed by atoms with Crippen LogP contribution in [-0.4, -0.2) is 31.9 Å².